The van der Waals surface area contributed by atoms with E-state index in [1.165, 1.54) is 26.9 Å². The number of ether oxygens (including phenoxy) is 5. The predicted molar refractivity (Wildman–Crippen MR) is 476 cm³/mol. The van der Waals surface area contributed by atoms with Crippen LogP contribution in [0.5, 0.6) is 23.0 Å². The topological polar surface area (TPSA) is 439 Å². The molecule has 8 aromatic carbocycles. The Morgan fingerprint density at radius 2 is 0.838 bits per heavy atom. The number of esters is 2. The predicted octanol–water partition coefficient (Wildman–Crippen LogP) is 5.49. The third kappa shape index (κ3) is 26.5. The van der Waals surface area contributed by atoms with E-state index in [0.29, 0.717) is 129 Å². The summed E-state index contributed by atoms with van der Waals surface area (Å²) < 4.78 is 27.8. The molecular weight excluding hydrogens is 1720 g/mol. The average Bonchev–Trinajstić information content (AvgIpc) is 1.63. The van der Waals surface area contributed by atoms with E-state index >= 15 is 0 Å². The largest absolute Gasteiger partial charge is 1.00 e. The van der Waals surface area contributed by atoms with Crippen LogP contribution in [0.15, 0.2) is 161 Å². The quantitative estimate of drug-likeness (QED) is 0.00683. The van der Waals surface area contributed by atoms with Gasteiger partial charge in [-0.3, -0.25) is 87.2 Å². The second kappa shape index (κ2) is 48.9. The first-order valence-electron chi connectivity index (χ1n) is 42.0. The van der Waals surface area contributed by atoms with Gasteiger partial charge in [-0.2, -0.15) is 0 Å². The number of aryl methyl sites for hydroxylation is 2. The number of aliphatic hydroxyl groups excluding tert-OH is 2. The van der Waals surface area contributed by atoms with Crippen LogP contribution in [0.4, 0.5) is 45.5 Å². The molecule has 7 amide bonds. The fourth-order valence-electron chi connectivity index (χ4n) is 15.6. The Morgan fingerprint density at radius 3 is 1.23 bits per heavy atom. The number of fused-ring (bicyclic) bond motifs is 12. The van der Waals surface area contributed by atoms with Crippen molar-refractivity contribution in [3.8, 4) is 23.0 Å². The van der Waals surface area contributed by atoms with Crippen molar-refractivity contribution in [2.75, 3.05) is 46.7 Å². The molecule has 672 valence electrons. The smallest absolute Gasteiger partial charge is 1.00 e. The molecule has 7 N–H and O–H groups in total. The first-order chi connectivity index (χ1) is 61.5. The number of ketones is 2. The molecule has 0 saturated heterocycles. The van der Waals surface area contributed by atoms with E-state index in [2.05, 4.69) is 40.6 Å². The first kappa shape index (κ1) is 103. The number of unbranched alkanes of at least 4 members (excludes halogenated alkanes) is 2. The van der Waals surface area contributed by atoms with Gasteiger partial charge in [0.2, 0.25) is 23.6 Å². The van der Waals surface area contributed by atoms with E-state index in [4.69, 9.17) is 34.2 Å². The van der Waals surface area contributed by atoms with E-state index < -0.39 is 29.8 Å². The Kier molecular flexibility index (Phi) is 38.7. The fraction of sp³-hybridized carbons (Fsp3) is 0.344. The van der Waals surface area contributed by atoms with E-state index in [1.54, 1.807) is 128 Å². The number of para-hydroxylation sites is 3. The Balaban J connectivity index is 0.000000293. The van der Waals surface area contributed by atoms with Gasteiger partial charge in [-0.15, -0.1) is 0 Å². The molecule has 6 aliphatic heterocycles. The Bertz CT molecular complexity index is 5630. The molecule has 8 aromatic rings. The van der Waals surface area contributed by atoms with Crippen molar-refractivity contribution in [2.24, 2.45) is 26.8 Å². The van der Waals surface area contributed by atoms with Crippen molar-refractivity contribution in [1.29, 1.82) is 0 Å². The number of anilines is 5. The van der Waals surface area contributed by atoms with Gasteiger partial charge in [-0.25, -0.2) is 0 Å². The number of benzene rings is 8. The standard InChI is InChI=1S/C56H56N6O10.C22H32N2O7.C17H14N2O2.CH2O3.2K.H/c1-32-18-42-44(57-28-40-23-37-12-6-8-14-46(37)61(40)55(42)67)26-49(32)71-30-35-20-36(22-39(21-35)60-54(66)33(2)19-48(63)34(3)59-52(64)16-10-11-17-53(65)70-5)31-72-51-27-45-43(25-50(51)69-4)56(68)62-41(29-58-45)24-38-13-7-9-15-47(38)62;1-14(22(30)24-18-10-16(12-25)9-17(11-18)13-26)8-19(27)15(2)23-20(28)6-4-5-7-21(29)31-3;1-10-6-13-14(8-16(10)20)18-9-12-7-11-4-2-3-5-15(11)19(12)17(13)21;2-1-4-3;;;/h6-9,12-15,18,20-22,25-29,33-34,40-41H,10-11,16-17,19,23-24,30-31H2,1-5H3,(H,59,64)(H,60,66);9-11,14-15,25-26H,4-8,12-13H2,1-3H3,(H,23,28)(H,24,30);2-6,8-9,12,20H,7H2,1H3;1,3H;;;/q;;;;2*+1;-1/p-1/t33-,34+,40+,41+;14-,15+;12-;;;;/m110..../s1. The molecule has 0 unspecified atom stereocenters. The second-order valence-electron chi connectivity index (χ2n) is 31.8. The van der Waals surface area contributed by atoms with Crippen molar-refractivity contribution in [3.63, 3.8) is 0 Å². The van der Waals surface area contributed by atoms with Crippen LogP contribution >= 0.6 is 0 Å². The number of hydrogen-bond acceptors (Lipinski definition) is 25. The van der Waals surface area contributed by atoms with Gasteiger partial charge in [0.25, 0.3) is 24.2 Å². The number of amides is 7. The third-order valence-electron chi connectivity index (χ3n) is 22.4. The summed E-state index contributed by atoms with van der Waals surface area (Å²) in [5, 5.41) is 47.8. The number of hydrogen-bond donors (Lipinski definition) is 7. The molecule has 7 atom stereocenters. The summed E-state index contributed by atoms with van der Waals surface area (Å²) in [7, 11) is 4.12. The molecule has 0 fully saturated rings. The van der Waals surface area contributed by atoms with Crippen molar-refractivity contribution in [1.82, 2.24) is 10.6 Å². The molecule has 130 heavy (non-hydrogen) atoms. The number of nitrogens with one attached hydrogen (secondary N) is 4. The Labute approximate surface area is 839 Å². The molecule has 0 saturated carbocycles. The summed E-state index contributed by atoms with van der Waals surface area (Å²) in [6, 6.07) is 42.1. The first-order valence-corrected chi connectivity index (χ1v) is 42.0. The van der Waals surface area contributed by atoms with Gasteiger partial charge in [0.05, 0.1) is 98.5 Å². The molecule has 0 bridgehead atoms. The molecule has 6 aliphatic rings. The van der Waals surface area contributed by atoms with Crippen LogP contribution in [0.3, 0.4) is 0 Å². The number of methoxy groups -OCH3 is 3. The van der Waals surface area contributed by atoms with Crippen molar-refractivity contribution >= 4 is 135 Å². The van der Waals surface area contributed by atoms with Crippen molar-refractivity contribution < 1.29 is 211 Å². The van der Waals surface area contributed by atoms with Crippen molar-refractivity contribution in [3.05, 3.63) is 212 Å². The maximum absolute atomic E-state index is 14.1. The zero-order valence-corrected chi connectivity index (χ0v) is 80.8. The van der Waals surface area contributed by atoms with Crippen LogP contribution in [-0.4, -0.2) is 157 Å². The van der Waals surface area contributed by atoms with Crippen LogP contribution in [0.25, 0.3) is 0 Å². The van der Waals surface area contributed by atoms with Gasteiger partial charge in [0, 0.05) is 135 Å². The summed E-state index contributed by atoms with van der Waals surface area (Å²) in [6.07, 6.45) is 10.1. The number of phenolic OH excluding ortho intramolecular Hbond substituents is 1. The van der Waals surface area contributed by atoms with Crippen molar-refractivity contribution in [2.45, 2.75) is 182 Å². The summed E-state index contributed by atoms with van der Waals surface area (Å²) >= 11 is 0. The number of aliphatic imine (C=N–C) groups is 3. The minimum absolute atomic E-state index is 0. The molecule has 0 radical (unpaired) electrons. The molecule has 0 aliphatic carbocycles. The Morgan fingerprint density at radius 1 is 0.485 bits per heavy atom. The van der Waals surface area contributed by atoms with Gasteiger partial charge in [0.1, 0.15) is 24.7 Å². The maximum Gasteiger partial charge on any atom is 1.00 e. The molecular formula is C96H104K2N10O22. The van der Waals surface area contributed by atoms with Crippen LogP contribution in [-0.2, 0) is 103 Å². The Hall–Kier alpha value is -10.8. The zero-order valence-electron chi connectivity index (χ0n) is 75.5. The van der Waals surface area contributed by atoms with Gasteiger partial charge < -0.3 is 71.8 Å². The molecule has 0 spiro atoms. The van der Waals surface area contributed by atoms with Gasteiger partial charge in [-0.05, 0) is 170 Å². The average molecular weight is 1830 g/mol. The van der Waals surface area contributed by atoms with Crippen LogP contribution < -0.4 is 158 Å². The number of carbonyl (C=O) groups is 12. The number of phenols is 1. The number of carbonyl (C=O) groups excluding carboxylic acids is 12. The minimum Gasteiger partial charge on any atom is -1.00 e. The number of aromatic hydroxyl groups is 1. The van der Waals surface area contributed by atoms with E-state index in [1.807, 2.05) is 92.0 Å². The van der Waals surface area contributed by atoms with E-state index in [-0.39, 0.29) is 258 Å². The molecule has 6 heterocycles. The number of rotatable bonds is 32. The van der Waals surface area contributed by atoms with Gasteiger partial charge in [-0.1, -0.05) is 74.5 Å². The molecule has 34 heteroatoms. The fourth-order valence-corrected chi connectivity index (χ4v) is 15.6. The van der Waals surface area contributed by atoms with Gasteiger partial charge >= 0.3 is 115 Å². The number of Topliss-reactive ketones (excluding diaryl/α,β-unsaturated/α-hetero) is 2. The monoisotopic (exact) mass is 1830 g/mol. The summed E-state index contributed by atoms with van der Waals surface area (Å²) in [4.78, 5) is 170. The number of nitrogens with zero attached hydrogens (tertiary/aromatic N) is 6. The van der Waals surface area contributed by atoms with Crippen LogP contribution in [0, 0.1) is 25.7 Å². The molecule has 32 nitrogen and oxygen atoms in total. The number of aliphatic hydroxyl groups is 2. The summed E-state index contributed by atoms with van der Waals surface area (Å²) in [5.74, 6) is -3.06. The van der Waals surface area contributed by atoms with E-state index in [9.17, 15) is 68.1 Å². The zero-order chi connectivity index (χ0) is 92.0. The summed E-state index contributed by atoms with van der Waals surface area (Å²) in [6.45, 7) is 9.48. The van der Waals surface area contributed by atoms with Crippen LogP contribution in [0.1, 0.15) is 174 Å². The van der Waals surface area contributed by atoms with Gasteiger partial charge in [0.15, 0.2) is 23.1 Å². The summed E-state index contributed by atoms with van der Waals surface area (Å²) in [5.41, 5.74) is 13.6. The maximum atomic E-state index is 14.1. The molecule has 14 rings (SSSR count). The second-order valence-corrected chi connectivity index (χ2v) is 31.8. The third-order valence-corrected chi connectivity index (χ3v) is 22.4. The SMILES string of the molecule is COC(=O)CCCCC(=O)N[C@@H](C)C(=O)C[C@@H](C)C(=O)Nc1cc(CO)cc(CO)c1.COC(=O)CCCCC(=O)N[C@@H](C)C(=O)C[C@@H](C)C(=O)Nc1cc(COc2cc3c(cc2C)C(=O)N2c4ccccc4C[C@H]2C=N3)cc(COc2cc3c(cc2OC)C(=O)N2c4ccccc4C[C@H]2C=N3)c1.Cc1cc2c(cc1O)N=C[C@@H]1Cc3ccccc3N1C2=O.O=CO[O-].[H-].[K+].[K+]. The van der Waals surface area contributed by atoms with E-state index in [0.717, 1.165) is 40.2 Å². The van der Waals surface area contributed by atoms with Crippen LogP contribution in [0.2, 0.25) is 0 Å². The molecule has 0 aromatic heterocycles. The normalized spacial score (nSPS) is 15.5. The minimum atomic E-state index is -0.825.